The Bertz CT molecular complexity index is 284. The molecule has 0 unspecified atom stereocenters. The monoisotopic (exact) mass is 179 g/mol. The van der Waals surface area contributed by atoms with Gasteiger partial charge in [0.05, 0.1) is 24.2 Å². The van der Waals surface area contributed by atoms with Crippen LogP contribution in [-0.2, 0) is 6.54 Å². The van der Waals surface area contributed by atoms with E-state index in [1.807, 2.05) is 13.8 Å². The van der Waals surface area contributed by atoms with Gasteiger partial charge in [-0.25, -0.2) is 4.98 Å². The van der Waals surface area contributed by atoms with E-state index in [2.05, 4.69) is 16.4 Å². The summed E-state index contributed by atoms with van der Waals surface area (Å²) in [6.45, 7) is 5.04. The van der Waals surface area contributed by atoms with Gasteiger partial charge in [-0.15, -0.1) is 0 Å². The number of oxazole rings is 1. The molecule has 0 saturated carbocycles. The maximum Gasteiger partial charge on any atom is 0.180 e. The third kappa shape index (κ3) is 3.26. The van der Waals surface area contributed by atoms with Gasteiger partial charge >= 0.3 is 0 Å². The van der Waals surface area contributed by atoms with Gasteiger partial charge in [-0.05, 0) is 13.8 Å². The van der Waals surface area contributed by atoms with Crippen LogP contribution in [0.2, 0.25) is 0 Å². The van der Waals surface area contributed by atoms with E-state index in [9.17, 15) is 0 Å². The van der Waals surface area contributed by atoms with Crippen molar-refractivity contribution in [3.63, 3.8) is 0 Å². The van der Waals surface area contributed by atoms with E-state index in [4.69, 9.17) is 9.68 Å². The predicted molar refractivity (Wildman–Crippen MR) is 47.6 cm³/mol. The zero-order valence-electron chi connectivity index (χ0n) is 7.87. The molecule has 0 fully saturated rings. The minimum atomic E-state index is -0.333. The maximum absolute atomic E-state index is 8.73. The molecule has 0 aromatic carbocycles. The molecule has 70 valence electrons. The Morgan fingerprint density at radius 3 is 3.00 bits per heavy atom. The van der Waals surface area contributed by atoms with Crippen molar-refractivity contribution < 1.29 is 4.42 Å². The molecule has 0 spiro atoms. The highest BCUT2D eigenvalue weighted by atomic mass is 16.3. The summed E-state index contributed by atoms with van der Waals surface area (Å²) >= 11 is 0. The van der Waals surface area contributed by atoms with Crippen LogP contribution in [0.15, 0.2) is 17.0 Å². The molecule has 1 heterocycles. The second-order valence-electron chi connectivity index (χ2n) is 3.57. The fraction of sp³-hybridized carbons (Fsp3) is 0.556. The van der Waals surface area contributed by atoms with Crippen LogP contribution in [-0.4, -0.2) is 11.5 Å². The highest BCUT2D eigenvalue weighted by Gasteiger charge is 2.15. The Morgan fingerprint density at radius 2 is 2.46 bits per heavy atom. The maximum atomic E-state index is 8.73. The molecule has 0 aliphatic rings. The average molecular weight is 179 g/mol. The van der Waals surface area contributed by atoms with E-state index in [1.165, 1.54) is 6.39 Å². The first-order valence-electron chi connectivity index (χ1n) is 4.13. The van der Waals surface area contributed by atoms with Gasteiger partial charge in [-0.3, -0.25) is 0 Å². The second-order valence-corrected chi connectivity index (χ2v) is 3.57. The number of nitrogens with zero attached hydrogens (tertiary/aromatic N) is 2. The normalized spacial score (nSPS) is 11.2. The molecular weight excluding hydrogens is 166 g/mol. The molecule has 0 aliphatic carbocycles. The van der Waals surface area contributed by atoms with Crippen molar-refractivity contribution >= 4 is 0 Å². The minimum absolute atomic E-state index is 0.333. The van der Waals surface area contributed by atoms with Crippen molar-refractivity contribution in [1.82, 2.24) is 10.3 Å². The molecule has 1 aromatic heterocycles. The van der Waals surface area contributed by atoms with Crippen LogP contribution < -0.4 is 5.32 Å². The lowest BCUT2D eigenvalue weighted by Crippen LogP contribution is -2.27. The number of rotatable bonds is 4. The largest absolute Gasteiger partial charge is 0.447 e. The lowest BCUT2D eigenvalue weighted by molar-refractivity contribution is 0.416. The van der Waals surface area contributed by atoms with E-state index in [0.29, 0.717) is 13.1 Å². The van der Waals surface area contributed by atoms with Crippen LogP contribution in [0, 0.1) is 16.7 Å². The third-order valence-corrected chi connectivity index (χ3v) is 1.65. The summed E-state index contributed by atoms with van der Waals surface area (Å²) in [5.74, 6) is 0.786. The standard InChI is InChI=1S/C9H13N3O/c1-9(2,5-10)6-11-3-8-4-12-7-13-8/h4,7,11H,3,6H2,1-2H3. The molecule has 0 aliphatic heterocycles. The molecular formula is C9H13N3O. The first-order valence-corrected chi connectivity index (χ1v) is 4.13. The zero-order valence-corrected chi connectivity index (χ0v) is 7.87. The number of hydrogen-bond acceptors (Lipinski definition) is 4. The molecule has 0 amide bonds. The Balaban J connectivity index is 2.26. The fourth-order valence-electron chi connectivity index (χ4n) is 0.867. The molecule has 0 bridgehead atoms. The van der Waals surface area contributed by atoms with Gasteiger partial charge in [0, 0.05) is 6.54 Å². The quantitative estimate of drug-likeness (QED) is 0.757. The van der Waals surface area contributed by atoms with Crippen molar-refractivity contribution in [2.45, 2.75) is 20.4 Å². The number of nitrogens with one attached hydrogen (secondary N) is 1. The van der Waals surface area contributed by atoms with Crippen molar-refractivity contribution in [3.8, 4) is 6.07 Å². The van der Waals surface area contributed by atoms with E-state index in [0.717, 1.165) is 5.76 Å². The van der Waals surface area contributed by atoms with Crippen LogP contribution in [0.25, 0.3) is 0 Å². The lowest BCUT2D eigenvalue weighted by Gasteiger charge is -2.14. The van der Waals surface area contributed by atoms with Crippen LogP contribution >= 0.6 is 0 Å². The van der Waals surface area contributed by atoms with Crippen molar-refractivity contribution in [3.05, 3.63) is 18.4 Å². The molecule has 0 atom stereocenters. The van der Waals surface area contributed by atoms with Gasteiger partial charge in [0.25, 0.3) is 0 Å². The molecule has 1 N–H and O–H groups in total. The Morgan fingerprint density at radius 1 is 1.69 bits per heavy atom. The van der Waals surface area contributed by atoms with Crippen LogP contribution in [0.3, 0.4) is 0 Å². The summed E-state index contributed by atoms with van der Waals surface area (Å²) in [7, 11) is 0. The summed E-state index contributed by atoms with van der Waals surface area (Å²) in [5, 5.41) is 11.8. The summed E-state index contributed by atoms with van der Waals surface area (Å²) in [6.07, 6.45) is 3.05. The van der Waals surface area contributed by atoms with Crippen molar-refractivity contribution in [2.75, 3.05) is 6.54 Å². The first kappa shape index (κ1) is 9.75. The van der Waals surface area contributed by atoms with Crippen molar-refractivity contribution in [2.24, 2.45) is 5.41 Å². The summed E-state index contributed by atoms with van der Waals surface area (Å²) in [4.78, 5) is 3.79. The minimum Gasteiger partial charge on any atom is -0.447 e. The predicted octanol–water partition coefficient (Wildman–Crippen LogP) is 1.31. The Hall–Kier alpha value is -1.34. The van der Waals surface area contributed by atoms with Crippen molar-refractivity contribution in [1.29, 1.82) is 5.26 Å². The molecule has 0 radical (unpaired) electrons. The van der Waals surface area contributed by atoms with E-state index >= 15 is 0 Å². The second kappa shape index (κ2) is 4.06. The highest BCUT2D eigenvalue weighted by molar-refractivity contribution is 4.94. The first-order chi connectivity index (χ1) is 6.14. The van der Waals surface area contributed by atoms with Gasteiger partial charge in [0.15, 0.2) is 6.39 Å². The van der Waals surface area contributed by atoms with E-state index in [-0.39, 0.29) is 5.41 Å². The lowest BCUT2D eigenvalue weighted by atomic mass is 9.96. The molecule has 4 heteroatoms. The van der Waals surface area contributed by atoms with Gasteiger partial charge in [0.2, 0.25) is 0 Å². The van der Waals surface area contributed by atoms with Crippen LogP contribution in [0.1, 0.15) is 19.6 Å². The molecule has 4 nitrogen and oxygen atoms in total. The van der Waals surface area contributed by atoms with Gasteiger partial charge in [0.1, 0.15) is 5.76 Å². The van der Waals surface area contributed by atoms with Gasteiger partial charge < -0.3 is 9.73 Å². The molecule has 13 heavy (non-hydrogen) atoms. The van der Waals surface area contributed by atoms with Gasteiger partial charge in [-0.2, -0.15) is 5.26 Å². The van der Waals surface area contributed by atoms with E-state index < -0.39 is 0 Å². The number of aromatic nitrogens is 1. The van der Waals surface area contributed by atoms with Crippen LogP contribution in [0.5, 0.6) is 0 Å². The summed E-state index contributed by atoms with van der Waals surface area (Å²) < 4.78 is 5.03. The molecule has 1 rings (SSSR count). The molecule has 1 aromatic rings. The number of hydrogen-bond donors (Lipinski definition) is 1. The summed E-state index contributed by atoms with van der Waals surface area (Å²) in [5.41, 5.74) is -0.333. The fourth-order valence-corrected chi connectivity index (χ4v) is 0.867. The van der Waals surface area contributed by atoms with Crippen LogP contribution in [0.4, 0.5) is 0 Å². The Labute approximate surface area is 77.6 Å². The smallest absolute Gasteiger partial charge is 0.180 e. The van der Waals surface area contributed by atoms with E-state index in [1.54, 1.807) is 6.20 Å². The SMILES string of the molecule is CC(C)(C#N)CNCc1cnco1. The topological polar surface area (TPSA) is 61.9 Å². The average Bonchev–Trinajstić information content (AvgIpc) is 2.57. The number of nitriles is 1. The Kier molecular flexibility index (Phi) is 3.04. The van der Waals surface area contributed by atoms with Gasteiger partial charge in [-0.1, -0.05) is 0 Å². The highest BCUT2D eigenvalue weighted by Crippen LogP contribution is 2.10. The summed E-state index contributed by atoms with van der Waals surface area (Å²) in [6, 6.07) is 2.21. The third-order valence-electron chi connectivity index (χ3n) is 1.65. The zero-order chi connectivity index (χ0) is 9.73. The molecule has 0 saturated heterocycles.